The topological polar surface area (TPSA) is 107 Å². The number of para-hydroxylation sites is 2. The number of fused-ring (bicyclic) bond motifs is 2. The van der Waals surface area contributed by atoms with Crippen LogP contribution in [0.3, 0.4) is 0 Å². The Kier molecular flexibility index (Phi) is 6.54. The van der Waals surface area contributed by atoms with Crippen molar-refractivity contribution >= 4 is 69.0 Å². The molecule has 0 amide bonds. The highest BCUT2D eigenvalue weighted by atomic mass is 35.5. The van der Waals surface area contributed by atoms with E-state index in [0.29, 0.717) is 5.56 Å². The summed E-state index contributed by atoms with van der Waals surface area (Å²) in [7, 11) is 0. The first-order valence-corrected chi connectivity index (χ1v) is 10.6. The summed E-state index contributed by atoms with van der Waals surface area (Å²) in [6, 6.07) is 14.2. The van der Waals surface area contributed by atoms with Crippen LogP contribution in [-0.2, 0) is 9.59 Å². The first kappa shape index (κ1) is 23.3. The maximum atomic E-state index is 13.4. The van der Waals surface area contributed by atoms with E-state index < -0.39 is 17.4 Å². The molecule has 4 aromatic rings. The summed E-state index contributed by atoms with van der Waals surface area (Å²) in [5, 5.41) is 3.68. The summed E-state index contributed by atoms with van der Waals surface area (Å²) < 4.78 is 16.3. The van der Waals surface area contributed by atoms with Crippen molar-refractivity contribution in [2.45, 2.75) is 13.8 Å². The number of halogens is 2. The molecular formula is C24H16Cl2N2O6. The van der Waals surface area contributed by atoms with Crippen LogP contribution in [0.15, 0.2) is 62.8 Å². The van der Waals surface area contributed by atoms with Gasteiger partial charge >= 0.3 is 11.9 Å². The maximum absolute atomic E-state index is 13.4. The number of hydrazone groups is 1. The monoisotopic (exact) mass is 498 g/mol. The van der Waals surface area contributed by atoms with Gasteiger partial charge in [-0.1, -0.05) is 47.5 Å². The Morgan fingerprint density at radius 2 is 1.59 bits per heavy atom. The van der Waals surface area contributed by atoms with E-state index in [1.165, 1.54) is 6.21 Å². The molecule has 34 heavy (non-hydrogen) atoms. The molecule has 1 aromatic heterocycles. The van der Waals surface area contributed by atoms with E-state index in [4.69, 9.17) is 37.1 Å². The van der Waals surface area contributed by atoms with Gasteiger partial charge in [0.1, 0.15) is 21.0 Å². The summed E-state index contributed by atoms with van der Waals surface area (Å²) >= 11 is 12.7. The number of nitrogens with one attached hydrogen (secondary N) is 1. The zero-order chi connectivity index (χ0) is 24.4. The fraction of sp³-hybridized carbons (Fsp3) is 0.0833. The highest BCUT2D eigenvalue weighted by Crippen LogP contribution is 2.47. The summed E-state index contributed by atoms with van der Waals surface area (Å²) in [5.74, 6) is -2.07. The minimum atomic E-state index is -0.744. The van der Waals surface area contributed by atoms with Gasteiger partial charge in [0.25, 0.3) is 0 Å². The highest BCUT2D eigenvalue weighted by Gasteiger charge is 2.27. The molecule has 0 spiro atoms. The van der Waals surface area contributed by atoms with Gasteiger partial charge < -0.3 is 13.9 Å². The summed E-state index contributed by atoms with van der Waals surface area (Å²) in [6.07, 6.45) is 1.48. The fourth-order valence-corrected chi connectivity index (χ4v) is 3.86. The van der Waals surface area contributed by atoms with Crippen molar-refractivity contribution in [2.24, 2.45) is 5.10 Å². The first-order chi connectivity index (χ1) is 16.3. The Balaban J connectivity index is 1.97. The van der Waals surface area contributed by atoms with Gasteiger partial charge in [-0.15, -0.1) is 0 Å². The molecule has 1 heterocycles. The Bertz CT molecular complexity index is 1530. The van der Waals surface area contributed by atoms with Crippen LogP contribution in [0.2, 0.25) is 10.0 Å². The average molecular weight is 499 g/mol. The second kappa shape index (κ2) is 9.54. The van der Waals surface area contributed by atoms with Crippen molar-refractivity contribution in [3.63, 3.8) is 0 Å². The fourth-order valence-electron chi connectivity index (χ4n) is 3.28. The third kappa shape index (κ3) is 4.46. The van der Waals surface area contributed by atoms with Gasteiger partial charge in [-0.25, -0.2) is 0 Å². The number of rotatable bonds is 5. The zero-order valence-electron chi connectivity index (χ0n) is 17.8. The number of anilines is 1. The minimum absolute atomic E-state index is 0.159. The highest BCUT2D eigenvalue weighted by molar-refractivity contribution is 6.42. The summed E-state index contributed by atoms with van der Waals surface area (Å²) in [5.41, 5.74) is 3.58. The number of carbonyl (C=O) groups is 2. The second-order valence-electron chi connectivity index (χ2n) is 7.07. The van der Waals surface area contributed by atoms with Crippen molar-refractivity contribution in [2.75, 3.05) is 5.43 Å². The van der Waals surface area contributed by atoms with Crippen molar-refractivity contribution in [1.29, 1.82) is 0 Å². The molecule has 0 atom stereocenters. The van der Waals surface area contributed by atoms with E-state index in [1.807, 2.05) is 30.3 Å². The van der Waals surface area contributed by atoms with Gasteiger partial charge in [-0.2, -0.15) is 5.10 Å². The molecule has 0 radical (unpaired) electrons. The van der Waals surface area contributed by atoms with Crippen LogP contribution in [-0.4, -0.2) is 18.2 Å². The average Bonchev–Trinajstić information content (AvgIpc) is 2.80. The molecule has 0 bridgehead atoms. The molecule has 0 fully saturated rings. The van der Waals surface area contributed by atoms with Crippen molar-refractivity contribution in [1.82, 2.24) is 0 Å². The van der Waals surface area contributed by atoms with E-state index in [-0.39, 0.29) is 43.5 Å². The maximum Gasteiger partial charge on any atom is 0.308 e. The predicted molar refractivity (Wildman–Crippen MR) is 130 cm³/mol. The van der Waals surface area contributed by atoms with E-state index in [0.717, 1.165) is 19.5 Å². The van der Waals surface area contributed by atoms with Crippen molar-refractivity contribution in [3.8, 4) is 11.5 Å². The van der Waals surface area contributed by atoms with Gasteiger partial charge in [0, 0.05) is 19.4 Å². The number of benzene rings is 3. The van der Waals surface area contributed by atoms with E-state index in [1.54, 1.807) is 18.2 Å². The molecule has 172 valence electrons. The molecular weight excluding hydrogens is 483 g/mol. The second-order valence-corrected chi connectivity index (χ2v) is 7.82. The normalized spacial score (nSPS) is 11.2. The number of hydrogen-bond acceptors (Lipinski definition) is 8. The van der Waals surface area contributed by atoms with Gasteiger partial charge in [-0.3, -0.25) is 19.8 Å². The lowest BCUT2D eigenvalue weighted by Crippen LogP contribution is -2.11. The van der Waals surface area contributed by atoms with Crippen LogP contribution < -0.4 is 20.3 Å². The number of carbonyl (C=O) groups excluding carboxylic acids is 2. The van der Waals surface area contributed by atoms with Crippen LogP contribution >= 0.6 is 23.2 Å². The smallest absolute Gasteiger partial charge is 0.308 e. The number of nitrogens with zero attached hydrogens (tertiary/aromatic N) is 1. The van der Waals surface area contributed by atoms with E-state index in [9.17, 15) is 14.4 Å². The first-order valence-electron chi connectivity index (χ1n) is 9.89. The van der Waals surface area contributed by atoms with Crippen LogP contribution in [0.25, 0.3) is 21.9 Å². The SMILES string of the molecule is CC(=O)Oc1c(Cl)c(OC(C)=O)c2c(=O)c3cccc(/C=N\Nc4ccccc4)c3oc2c1Cl. The Morgan fingerprint density at radius 3 is 2.26 bits per heavy atom. The molecule has 1 N–H and O–H groups in total. The molecule has 4 rings (SSSR count). The van der Waals surface area contributed by atoms with Crippen LogP contribution in [0.5, 0.6) is 11.5 Å². The van der Waals surface area contributed by atoms with Crippen LogP contribution in [0.4, 0.5) is 5.69 Å². The Labute approximate surface area is 202 Å². The molecule has 0 aliphatic carbocycles. The van der Waals surface area contributed by atoms with Crippen molar-refractivity contribution < 1.29 is 23.5 Å². The lowest BCUT2D eigenvalue weighted by Gasteiger charge is -2.14. The summed E-state index contributed by atoms with van der Waals surface area (Å²) in [4.78, 5) is 36.7. The molecule has 0 saturated carbocycles. The predicted octanol–water partition coefficient (Wildman–Crippen LogP) is 5.55. The largest absolute Gasteiger partial charge is 0.453 e. The molecule has 3 aromatic carbocycles. The number of esters is 2. The summed E-state index contributed by atoms with van der Waals surface area (Å²) in [6.45, 7) is 2.28. The molecule has 0 aliphatic heterocycles. The number of ether oxygens (including phenoxy) is 2. The van der Waals surface area contributed by atoms with Gasteiger partial charge in [0.15, 0.2) is 17.1 Å². The molecule has 10 heteroatoms. The van der Waals surface area contributed by atoms with Gasteiger partial charge in [0.05, 0.1) is 17.3 Å². The van der Waals surface area contributed by atoms with Crippen LogP contribution in [0.1, 0.15) is 19.4 Å². The van der Waals surface area contributed by atoms with Crippen molar-refractivity contribution in [3.05, 3.63) is 74.4 Å². The van der Waals surface area contributed by atoms with E-state index >= 15 is 0 Å². The molecule has 0 saturated heterocycles. The molecule has 0 unspecified atom stereocenters. The van der Waals surface area contributed by atoms with Gasteiger partial charge in [-0.05, 0) is 24.3 Å². The Morgan fingerprint density at radius 1 is 0.912 bits per heavy atom. The third-order valence-corrected chi connectivity index (χ3v) is 5.32. The molecule has 8 nitrogen and oxygen atoms in total. The lowest BCUT2D eigenvalue weighted by atomic mass is 10.1. The quantitative estimate of drug-likeness (QED) is 0.126. The Hall–Kier alpha value is -3.88. The van der Waals surface area contributed by atoms with E-state index in [2.05, 4.69) is 10.5 Å². The minimum Gasteiger partial charge on any atom is -0.453 e. The molecule has 0 aliphatic rings. The number of hydrogen-bond donors (Lipinski definition) is 1. The standard InChI is InChI=1S/C24H16Cl2N2O6/c1-12(29)32-22-17-20(31)16-10-6-7-14(11-27-28-15-8-4-3-5-9-15)21(16)34-23(17)19(26)24(18(22)25)33-13(2)30/h3-11,28H,1-2H3/b27-11-. The lowest BCUT2D eigenvalue weighted by molar-refractivity contribution is -0.132. The third-order valence-electron chi connectivity index (χ3n) is 4.64. The van der Waals surface area contributed by atoms with Gasteiger partial charge in [0.2, 0.25) is 5.43 Å². The van der Waals surface area contributed by atoms with Crippen LogP contribution in [0, 0.1) is 0 Å². The zero-order valence-corrected chi connectivity index (χ0v) is 19.4.